The van der Waals surface area contributed by atoms with Gasteiger partial charge >= 0.3 is 0 Å². The van der Waals surface area contributed by atoms with E-state index in [4.69, 9.17) is 0 Å². The monoisotopic (exact) mass is 235 g/mol. The number of nitrogens with zero attached hydrogens (tertiary/aromatic N) is 1. The van der Waals surface area contributed by atoms with Crippen molar-refractivity contribution in [3.05, 3.63) is 34.9 Å². The van der Waals surface area contributed by atoms with Crippen LogP contribution in [0.5, 0.6) is 0 Å². The third kappa shape index (κ3) is 4.49. The van der Waals surface area contributed by atoms with E-state index in [1.807, 2.05) is 0 Å². The summed E-state index contributed by atoms with van der Waals surface area (Å²) in [5.41, 5.74) is 3.99. The van der Waals surface area contributed by atoms with Crippen LogP contribution in [0.1, 0.15) is 30.5 Å². The predicted octanol–water partition coefficient (Wildman–Crippen LogP) is 2.75. The molecule has 0 aromatic heterocycles. The molecule has 0 spiro atoms. The standard InChI is InChI=1S/C15H25NO/c1-12-6-7-14(8-13(12)2)9-16(5)10-15(3,4)11-17/h6-8,17H,9-11H2,1-5H3. The van der Waals surface area contributed by atoms with Gasteiger partial charge in [-0.15, -0.1) is 0 Å². The Morgan fingerprint density at radius 1 is 1.18 bits per heavy atom. The number of aliphatic hydroxyl groups is 1. The third-order valence-corrected chi connectivity index (χ3v) is 3.15. The second kappa shape index (κ2) is 5.65. The Morgan fingerprint density at radius 3 is 2.35 bits per heavy atom. The molecule has 1 N–H and O–H groups in total. The molecule has 0 aliphatic heterocycles. The van der Waals surface area contributed by atoms with Gasteiger partial charge in [-0.25, -0.2) is 0 Å². The molecule has 1 aromatic rings. The second-order valence-electron chi connectivity index (χ2n) is 5.91. The molecule has 0 amide bonds. The van der Waals surface area contributed by atoms with Crippen molar-refractivity contribution in [1.82, 2.24) is 4.90 Å². The molecule has 0 bridgehead atoms. The zero-order chi connectivity index (χ0) is 13.1. The molecular formula is C15H25NO. The number of aliphatic hydroxyl groups excluding tert-OH is 1. The molecule has 0 aliphatic rings. The van der Waals surface area contributed by atoms with Crippen molar-refractivity contribution in [3.63, 3.8) is 0 Å². The van der Waals surface area contributed by atoms with Crippen LogP contribution >= 0.6 is 0 Å². The van der Waals surface area contributed by atoms with E-state index < -0.39 is 0 Å². The molecular weight excluding hydrogens is 210 g/mol. The third-order valence-electron chi connectivity index (χ3n) is 3.15. The molecule has 0 radical (unpaired) electrons. The van der Waals surface area contributed by atoms with Crippen LogP contribution in [0, 0.1) is 19.3 Å². The van der Waals surface area contributed by atoms with Crippen molar-refractivity contribution in [2.45, 2.75) is 34.2 Å². The quantitative estimate of drug-likeness (QED) is 0.848. The zero-order valence-corrected chi connectivity index (χ0v) is 11.7. The highest BCUT2D eigenvalue weighted by molar-refractivity contribution is 5.29. The molecule has 0 fully saturated rings. The van der Waals surface area contributed by atoms with Gasteiger partial charge in [0.1, 0.15) is 0 Å². The average molecular weight is 235 g/mol. The van der Waals surface area contributed by atoms with E-state index in [0.29, 0.717) is 0 Å². The van der Waals surface area contributed by atoms with Crippen molar-refractivity contribution in [2.75, 3.05) is 20.2 Å². The van der Waals surface area contributed by atoms with E-state index >= 15 is 0 Å². The zero-order valence-electron chi connectivity index (χ0n) is 11.7. The largest absolute Gasteiger partial charge is 0.396 e. The van der Waals surface area contributed by atoms with E-state index in [-0.39, 0.29) is 12.0 Å². The summed E-state index contributed by atoms with van der Waals surface area (Å²) in [6.45, 7) is 10.5. The fraction of sp³-hybridized carbons (Fsp3) is 0.600. The Hall–Kier alpha value is -0.860. The highest BCUT2D eigenvalue weighted by atomic mass is 16.3. The summed E-state index contributed by atoms with van der Waals surface area (Å²) in [5.74, 6) is 0. The van der Waals surface area contributed by atoms with Gasteiger partial charge in [0.25, 0.3) is 0 Å². The van der Waals surface area contributed by atoms with Crippen LogP contribution in [0.25, 0.3) is 0 Å². The average Bonchev–Trinajstić information content (AvgIpc) is 2.23. The van der Waals surface area contributed by atoms with Gasteiger partial charge in [0.2, 0.25) is 0 Å². The Bertz CT molecular complexity index is 371. The van der Waals surface area contributed by atoms with Crippen LogP contribution in [-0.2, 0) is 6.54 Å². The summed E-state index contributed by atoms with van der Waals surface area (Å²) in [6.07, 6.45) is 0. The first-order valence-electron chi connectivity index (χ1n) is 6.19. The molecule has 1 rings (SSSR count). The molecule has 0 atom stereocenters. The smallest absolute Gasteiger partial charge is 0.0494 e. The van der Waals surface area contributed by atoms with E-state index in [1.165, 1.54) is 16.7 Å². The minimum absolute atomic E-state index is 0.0332. The van der Waals surface area contributed by atoms with E-state index in [9.17, 15) is 5.11 Å². The first-order valence-corrected chi connectivity index (χ1v) is 6.19. The van der Waals surface area contributed by atoms with Gasteiger partial charge in [-0.3, -0.25) is 0 Å². The van der Waals surface area contributed by atoms with Gasteiger partial charge < -0.3 is 10.0 Å². The Kier molecular flexibility index (Phi) is 4.72. The van der Waals surface area contributed by atoms with Crippen molar-refractivity contribution < 1.29 is 5.11 Å². The predicted molar refractivity (Wildman–Crippen MR) is 73.1 cm³/mol. The summed E-state index contributed by atoms with van der Waals surface area (Å²) in [5, 5.41) is 9.26. The highest BCUT2D eigenvalue weighted by Gasteiger charge is 2.18. The normalized spacial score (nSPS) is 12.2. The molecule has 0 heterocycles. The van der Waals surface area contributed by atoms with Crippen LogP contribution < -0.4 is 0 Å². The summed E-state index contributed by atoms with van der Waals surface area (Å²) in [7, 11) is 2.10. The van der Waals surface area contributed by atoms with Gasteiger partial charge in [-0.2, -0.15) is 0 Å². The summed E-state index contributed by atoms with van der Waals surface area (Å²) < 4.78 is 0. The fourth-order valence-electron chi connectivity index (χ4n) is 2.05. The minimum atomic E-state index is -0.0332. The number of hydrogen-bond acceptors (Lipinski definition) is 2. The maximum absolute atomic E-state index is 9.26. The van der Waals surface area contributed by atoms with Crippen LogP contribution in [0.2, 0.25) is 0 Å². The molecule has 0 saturated heterocycles. The molecule has 2 nitrogen and oxygen atoms in total. The maximum atomic E-state index is 9.26. The van der Waals surface area contributed by atoms with Crippen molar-refractivity contribution in [3.8, 4) is 0 Å². The molecule has 2 heteroatoms. The van der Waals surface area contributed by atoms with E-state index in [0.717, 1.165) is 13.1 Å². The van der Waals surface area contributed by atoms with Gasteiger partial charge in [-0.1, -0.05) is 32.0 Å². The van der Waals surface area contributed by atoms with E-state index in [1.54, 1.807) is 0 Å². The van der Waals surface area contributed by atoms with Crippen LogP contribution in [0.15, 0.2) is 18.2 Å². The number of benzene rings is 1. The first kappa shape index (κ1) is 14.2. The van der Waals surface area contributed by atoms with Gasteiger partial charge in [-0.05, 0) is 37.6 Å². The second-order valence-corrected chi connectivity index (χ2v) is 5.91. The summed E-state index contributed by atoms with van der Waals surface area (Å²) >= 11 is 0. The molecule has 1 aromatic carbocycles. The highest BCUT2D eigenvalue weighted by Crippen LogP contribution is 2.17. The minimum Gasteiger partial charge on any atom is -0.396 e. The van der Waals surface area contributed by atoms with Crippen LogP contribution in [0.3, 0.4) is 0 Å². The lowest BCUT2D eigenvalue weighted by Crippen LogP contribution is -2.33. The van der Waals surface area contributed by atoms with Crippen molar-refractivity contribution >= 4 is 0 Å². The van der Waals surface area contributed by atoms with Crippen molar-refractivity contribution in [1.29, 1.82) is 0 Å². The number of hydrogen-bond donors (Lipinski definition) is 1. The molecule has 0 saturated carbocycles. The fourth-order valence-corrected chi connectivity index (χ4v) is 2.05. The maximum Gasteiger partial charge on any atom is 0.0494 e. The first-order chi connectivity index (χ1) is 7.84. The SMILES string of the molecule is Cc1ccc(CN(C)CC(C)(C)CO)cc1C. The molecule has 17 heavy (non-hydrogen) atoms. The van der Waals surface area contributed by atoms with Gasteiger partial charge in [0.15, 0.2) is 0 Å². The molecule has 96 valence electrons. The summed E-state index contributed by atoms with van der Waals surface area (Å²) in [4.78, 5) is 2.26. The summed E-state index contributed by atoms with van der Waals surface area (Å²) in [6, 6.07) is 6.61. The Morgan fingerprint density at radius 2 is 1.82 bits per heavy atom. The van der Waals surface area contributed by atoms with Crippen molar-refractivity contribution in [2.24, 2.45) is 5.41 Å². The lowest BCUT2D eigenvalue weighted by atomic mass is 9.94. The Labute approximate surface area is 105 Å². The molecule has 0 aliphatic carbocycles. The van der Waals surface area contributed by atoms with Gasteiger partial charge in [0, 0.05) is 25.1 Å². The topological polar surface area (TPSA) is 23.5 Å². The van der Waals surface area contributed by atoms with Gasteiger partial charge in [0.05, 0.1) is 0 Å². The lowest BCUT2D eigenvalue weighted by molar-refractivity contribution is 0.112. The Balaban J connectivity index is 2.62. The lowest BCUT2D eigenvalue weighted by Gasteiger charge is -2.28. The molecule has 0 unspecified atom stereocenters. The number of aryl methyl sites for hydroxylation is 2. The van der Waals surface area contributed by atoms with Crippen LogP contribution in [0.4, 0.5) is 0 Å². The van der Waals surface area contributed by atoms with Crippen LogP contribution in [-0.4, -0.2) is 30.2 Å². The number of rotatable bonds is 5. The van der Waals surface area contributed by atoms with E-state index in [2.05, 4.69) is 57.8 Å².